The van der Waals surface area contributed by atoms with Gasteiger partial charge in [0.2, 0.25) is 0 Å². The van der Waals surface area contributed by atoms with Crippen molar-refractivity contribution in [2.75, 3.05) is 18.6 Å². The number of rotatable bonds is 5. The van der Waals surface area contributed by atoms with Crippen molar-refractivity contribution in [1.82, 2.24) is 4.90 Å². The first-order valence-corrected chi connectivity index (χ1v) is 8.95. The van der Waals surface area contributed by atoms with E-state index in [2.05, 4.69) is 6.92 Å². The molecule has 2 heterocycles. The first-order chi connectivity index (χ1) is 12.9. The zero-order valence-electron chi connectivity index (χ0n) is 15.4. The van der Waals surface area contributed by atoms with Crippen LogP contribution in [-0.2, 0) is 20.7 Å². The van der Waals surface area contributed by atoms with E-state index in [1.807, 2.05) is 31.2 Å². The highest BCUT2D eigenvalue weighted by Crippen LogP contribution is 2.29. The molecular formula is C20H20N2O4S. The van der Waals surface area contributed by atoms with Gasteiger partial charge in [-0.2, -0.15) is 0 Å². The SMILES string of the molecule is CCc1ccc(N2C(=O)/C(=C/c3ccc(C)o3)N(CC(=O)OC)C2=S)cc1. The smallest absolute Gasteiger partial charge is 0.325 e. The largest absolute Gasteiger partial charge is 0.468 e. The Balaban J connectivity index is 2.01. The molecule has 0 saturated carbocycles. The number of nitrogens with zero attached hydrogens (tertiary/aromatic N) is 2. The van der Waals surface area contributed by atoms with E-state index < -0.39 is 5.97 Å². The molecule has 0 spiro atoms. The molecule has 3 rings (SSSR count). The molecule has 0 atom stereocenters. The van der Waals surface area contributed by atoms with Crippen LogP contribution in [0.5, 0.6) is 0 Å². The fraction of sp³-hybridized carbons (Fsp3) is 0.250. The molecule has 2 aromatic rings. The summed E-state index contributed by atoms with van der Waals surface area (Å²) in [6.07, 6.45) is 2.49. The van der Waals surface area contributed by atoms with Gasteiger partial charge in [-0.05, 0) is 55.4 Å². The standard InChI is InChI=1S/C20H20N2O4S/c1-4-14-6-8-15(9-7-14)22-19(24)17(11-16-10-5-13(2)26-16)21(20(22)27)12-18(23)25-3/h5-11H,4,12H2,1-3H3/b17-11-. The Bertz CT molecular complexity index is 914. The van der Waals surface area contributed by atoms with E-state index in [0.29, 0.717) is 11.4 Å². The Morgan fingerprint density at radius 1 is 1.22 bits per heavy atom. The molecule has 1 fully saturated rings. The minimum atomic E-state index is -0.491. The topological polar surface area (TPSA) is 63.0 Å². The number of carbonyl (C=O) groups excluding carboxylic acids is 2. The van der Waals surface area contributed by atoms with Crippen molar-refractivity contribution in [2.45, 2.75) is 20.3 Å². The molecule has 0 N–H and O–H groups in total. The highest BCUT2D eigenvalue weighted by molar-refractivity contribution is 7.80. The Hall–Kier alpha value is -2.93. The molecule has 1 aromatic carbocycles. The Morgan fingerprint density at radius 3 is 2.48 bits per heavy atom. The zero-order valence-corrected chi connectivity index (χ0v) is 16.2. The van der Waals surface area contributed by atoms with Crippen LogP contribution in [0.15, 0.2) is 46.5 Å². The van der Waals surface area contributed by atoms with Gasteiger partial charge in [-0.1, -0.05) is 19.1 Å². The van der Waals surface area contributed by atoms with Crippen LogP contribution in [0.2, 0.25) is 0 Å². The lowest BCUT2D eigenvalue weighted by Crippen LogP contribution is -2.35. The molecule has 1 aliphatic rings. The van der Waals surface area contributed by atoms with Crippen LogP contribution in [0.1, 0.15) is 24.0 Å². The average Bonchev–Trinajstić information content (AvgIpc) is 3.18. The van der Waals surface area contributed by atoms with Gasteiger partial charge in [0.25, 0.3) is 5.91 Å². The lowest BCUT2D eigenvalue weighted by Gasteiger charge is -2.19. The summed E-state index contributed by atoms with van der Waals surface area (Å²) in [5.74, 6) is 0.426. The molecule has 1 aliphatic heterocycles. The van der Waals surface area contributed by atoms with Gasteiger partial charge in [0.05, 0.1) is 12.8 Å². The molecule has 0 unspecified atom stereocenters. The number of methoxy groups -OCH3 is 1. The molecule has 27 heavy (non-hydrogen) atoms. The van der Waals surface area contributed by atoms with Crippen molar-refractivity contribution in [2.24, 2.45) is 0 Å². The van der Waals surface area contributed by atoms with Gasteiger partial charge in [-0.25, -0.2) is 0 Å². The number of carbonyl (C=O) groups is 2. The number of esters is 1. The number of ether oxygens (including phenoxy) is 1. The summed E-state index contributed by atoms with van der Waals surface area (Å²) in [6.45, 7) is 3.72. The third-order valence-corrected chi connectivity index (χ3v) is 4.70. The Kier molecular flexibility index (Phi) is 5.41. The van der Waals surface area contributed by atoms with E-state index in [-0.39, 0.29) is 23.3 Å². The molecular weight excluding hydrogens is 364 g/mol. The van der Waals surface area contributed by atoms with Crippen LogP contribution in [0.25, 0.3) is 6.08 Å². The van der Waals surface area contributed by atoms with Gasteiger partial charge in [0, 0.05) is 6.08 Å². The second kappa shape index (κ2) is 7.75. The number of aryl methyl sites for hydroxylation is 2. The predicted octanol–water partition coefficient (Wildman–Crippen LogP) is 3.30. The number of thiocarbonyl (C=S) groups is 1. The van der Waals surface area contributed by atoms with Gasteiger partial charge in [-0.15, -0.1) is 0 Å². The molecule has 0 aliphatic carbocycles. The van der Waals surface area contributed by atoms with Crippen molar-refractivity contribution >= 4 is 41.0 Å². The van der Waals surface area contributed by atoms with Gasteiger partial charge >= 0.3 is 5.97 Å². The molecule has 140 valence electrons. The number of furan rings is 1. The third-order valence-electron chi connectivity index (χ3n) is 4.29. The average molecular weight is 384 g/mol. The summed E-state index contributed by atoms with van der Waals surface area (Å²) in [6, 6.07) is 11.2. The predicted molar refractivity (Wildman–Crippen MR) is 106 cm³/mol. The van der Waals surface area contributed by atoms with Gasteiger partial charge in [0.1, 0.15) is 23.8 Å². The van der Waals surface area contributed by atoms with Crippen LogP contribution < -0.4 is 4.90 Å². The molecule has 0 radical (unpaired) electrons. The van der Waals surface area contributed by atoms with E-state index in [1.165, 1.54) is 16.9 Å². The first-order valence-electron chi connectivity index (χ1n) is 8.54. The molecule has 1 aromatic heterocycles. The summed E-state index contributed by atoms with van der Waals surface area (Å²) >= 11 is 5.50. The second-order valence-corrected chi connectivity index (χ2v) is 6.45. The maximum Gasteiger partial charge on any atom is 0.325 e. The van der Waals surface area contributed by atoms with Crippen LogP contribution in [0, 0.1) is 6.92 Å². The minimum Gasteiger partial charge on any atom is -0.468 e. The summed E-state index contributed by atoms with van der Waals surface area (Å²) < 4.78 is 10.3. The highest BCUT2D eigenvalue weighted by atomic mass is 32.1. The molecule has 7 heteroatoms. The fourth-order valence-electron chi connectivity index (χ4n) is 2.80. The van der Waals surface area contributed by atoms with E-state index in [4.69, 9.17) is 21.4 Å². The quantitative estimate of drug-likeness (QED) is 0.448. The monoisotopic (exact) mass is 384 g/mol. The third kappa shape index (κ3) is 3.78. The van der Waals surface area contributed by atoms with Gasteiger partial charge < -0.3 is 14.1 Å². The second-order valence-electron chi connectivity index (χ2n) is 6.08. The Labute approximate surface area is 163 Å². The fourth-order valence-corrected chi connectivity index (χ4v) is 3.15. The lowest BCUT2D eigenvalue weighted by atomic mass is 10.1. The van der Waals surface area contributed by atoms with Crippen LogP contribution in [-0.4, -0.2) is 35.5 Å². The number of hydrogen-bond donors (Lipinski definition) is 0. The van der Waals surface area contributed by atoms with Crippen molar-refractivity contribution in [3.05, 3.63) is 59.2 Å². The minimum absolute atomic E-state index is 0.157. The summed E-state index contributed by atoms with van der Waals surface area (Å²) in [7, 11) is 1.30. The highest BCUT2D eigenvalue weighted by Gasteiger charge is 2.40. The Morgan fingerprint density at radius 2 is 1.93 bits per heavy atom. The first kappa shape index (κ1) is 18.8. The van der Waals surface area contributed by atoms with Crippen LogP contribution >= 0.6 is 12.2 Å². The number of hydrogen-bond acceptors (Lipinski definition) is 5. The normalized spacial score (nSPS) is 15.7. The maximum atomic E-state index is 13.1. The van der Waals surface area contributed by atoms with Crippen molar-refractivity contribution in [1.29, 1.82) is 0 Å². The molecule has 1 amide bonds. The zero-order chi connectivity index (χ0) is 19.6. The summed E-state index contributed by atoms with van der Waals surface area (Å²) in [4.78, 5) is 27.8. The summed E-state index contributed by atoms with van der Waals surface area (Å²) in [5.41, 5.74) is 2.07. The van der Waals surface area contributed by atoms with Crippen molar-refractivity contribution in [3.63, 3.8) is 0 Å². The molecule has 0 bridgehead atoms. The number of amides is 1. The number of anilines is 1. The van der Waals surface area contributed by atoms with E-state index in [1.54, 1.807) is 18.2 Å². The van der Waals surface area contributed by atoms with Gasteiger partial charge in [-0.3, -0.25) is 14.5 Å². The van der Waals surface area contributed by atoms with E-state index in [9.17, 15) is 9.59 Å². The molecule has 1 saturated heterocycles. The number of benzene rings is 1. The van der Waals surface area contributed by atoms with E-state index in [0.717, 1.165) is 17.7 Å². The van der Waals surface area contributed by atoms with Gasteiger partial charge in [0.15, 0.2) is 5.11 Å². The van der Waals surface area contributed by atoms with Crippen molar-refractivity contribution < 1.29 is 18.7 Å². The van der Waals surface area contributed by atoms with Crippen molar-refractivity contribution in [3.8, 4) is 0 Å². The van der Waals surface area contributed by atoms with Crippen LogP contribution in [0.4, 0.5) is 5.69 Å². The maximum absolute atomic E-state index is 13.1. The van der Waals surface area contributed by atoms with Crippen LogP contribution in [0.3, 0.4) is 0 Å². The van der Waals surface area contributed by atoms with E-state index >= 15 is 0 Å². The summed E-state index contributed by atoms with van der Waals surface area (Å²) in [5, 5.41) is 0.226. The lowest BCUT2D eigenvalue weighted by molar-refractivity contribution is -0.140. The molecule has 6 nitrogen and oxygen atoms in total.